The fourth-order valence-corrected chi connectivity index (χ4v) is 1.60. The van der Waals surface area contributed by atoms with Gasteiger partial charge in [0.15, 0.2) is 0 Å². The topological polar surface area (TPSA) is 72.3 Å². The molecule has 0 aliphatic heterocycles. The van der Waals surface area contributed by atoms with Crippen molar-refractivity contribution >= 4 is 18.4 Å². The first-order chi connectivity index (χ1) is 9.11. The van der Waals surface area contributed by atoms with Crippen molar-refractivity contribution in [3.8, 4) is 5.75 Å². The van der Waals surface area contributed by atoms with Gasteiger partial charge in [0.1, 0.15) is 11.4 Å². The Labute approximate surface area is 114 Å². The first-order valence-electron chi connectivity index (χ1n) is 5.48. The molecule has 6 nitrogen and oxygen atoms in total. The van der Waals surface area contributed by atoms with E-state index in [1.165, 1.54) is 6.21 Å². The van der Waals surface area contributed by atoms with Crippen LogP contribution in [0.25, 0.3) is 0 Å². The monoisotopic (exact) mass is 276 g/mol. The number of H-pyrrole nitrogens is 1. The molecule has 0 aliphatic carbocycles. The average molecular weight is 276 g/mol. The summed E-state index contributed by atoms with van der Waals surface area (Å²) in [4.78, 5) is 11.8. The lowest BCUT2D eigenvalue weighted by Crippen LogP contribution is -2.22. The van der Waals surface area contributed by atoms with Gasteiger partial charge in [-0.25, -0.2) is 0 Å². The van der Waals surface area contributed by atoms with Crippen LogP contribution in [0.3, 0.4) is 0 Å². The van der Waals surface area contributed by atoms with E-state index >= 15 is 0 Å². The molecule has 0 saturated carbocycles. The number of aromatic nitrogens is 3. The second kappa shape index (κ2) is 5.57. The Morgan fingerprint density at radius 1 is 1.53 bits per heavy atom. The van der Waals surface area contributed by atoms with Crippen LogP contribution in [0.15, 0.2) is 34.2 Å². The number of benzene rings is 1. The quantitative estimate of drug-likeness (QED) is 0.681. The molecule has 98 valence electrons. The number of nitrogens with one attached hydrogen (secondary N) is 1. The van der Waals surface area contributed by atoms with E-state index in [0.717, 1.165) is 10.2 Å². The lowest BCUT2D eigenvalue weighted by molar-refractivity contribution is 0.414. The average Bonchev–Trinajstić information content (AvgIpc) is 2.43. The van der Waals surface area contributed by atoms with Crippen LogP contribution in [0.4, 0.5) is 0 Å². The van der Waals surface area contributed by atoms with Crippen molar-refractivity contribution in [3.05, 3.63) is 50.6 Å². The van der Waals surface area contributed by atoms with E-state index in [-0.39, 0.29) is 10.3 Å². The minimum absolute atomic E-state index is 0.148. The van der Waals surface area contributed by atoms with Gasteiger partial charge < -0.3 is 4.74 Å². The minimum atomic E-state index is -0.345. The number of nitrogens with zero attached hydrogens (tertiary/aromatic N) is 3. The first-order valence-corrected chi connectivity index (χ1v) is 5.89. The molecule has 0 fully saturated rings. The van der Waals surface area contributed by atoms with Gasteiger partial charge in [-0.3, -0.25) is 9.89 Å². The van der Waals surface area contributed by atoms with Gasteiger partial charge in [-0.2, -0.15) is 14.9 Å². The zero-order valence-corrected chi connectivity index (χ0v) is 11.3. The Balaban J connectivity index is 2.41. The van der Waals surface area contributed by atoms with Crippen LogP contribution in [0.2, 0.25) is 0 Å². The van der Waals surface area contributed by atoms with E-state index in [1.54, 1.807) is 20.1 Å². The Kier molecular flexibility index (Phi) is 3.86. The highest BCUT2D eigenvalue weighted by Crippen LogP contribution is 2.10. The molecule has 1 N–H and O–H groups in total. The van der Waals surface area contributed by atoms with Crippen LogP contribution in [0.5, 0.6) is 5.75 Å². The Morgan fingerprint density at radius 3 is 3.05 bits per heavy atom. The third-order valence-electron chi connectivity index (χ3n) is 2.43. The van der Waals surface area contributed by atoms with Gasteiger partial charge in [-0.15, -0.1) is 0 Å². The zero-order chi connectivity index (χ0) is 13.8. The highest BCUT2D eigenvalue weighted by molar-refractivity contribution is 7.71. The molecular weight excluding hydrogens is 264 g/mol. The lowest BCUT2D eigenvalue weighted by atomic mass is 10.2. The van der Waals surface area contributed by atoms with Crippen molar-refractivity contribution in [1.29, 1.82) is 0 Å². The predicted octanol–water partition coefficient (Wildman–Crippen LogP) is 1.50. The minimum Gasteiger partial charge on any atom is -0.497 e. The number of aromatic amines is 1. The molecule has 0 bridgehead atoms. The molecule has 0 saturated heterocycles. The van der Waals surface area contributed by atoms with E-state index in [1.807, 2.05) is 18.2 Å². The Bertz CT molecular complexity index is 733. The van der Waals surface area contributed by atoms with Crippen LogP contribution >= 0.6 is 12.2 Å². The van der Waals surface area contributed by atoms with Gasteiger partial charge in [0.25, 0.3) is 5.56 Å². The number of hydrogen-bond acceptors (Lipinski definition) is 5. The van der Waals surface area contributed by atoms with Gasteiger partial charge in [0.05, 0.1) is 13.3 Å². The van der Waals surface area contributed by atoms with Gasteiger partial charge in [-0.1, -0.05) is 12.1 Å². The first kappa shape index (κ1) is 13.2. The molecule has 1 aromatic carbocycles. The summed E-state index contributed by atoms with van der Waals surface area (Å²) in [6.45, 7) is 1.59. The maximum atomic E-state index is 11.8. The van der Waals surface area contributed by atoms with Crippen LogP contribution in [0.1, 0.15) is 11.3 Å². The number of ether oxygens (including phenoxy) is 1. The molecular formula is C12H12N4O2S. The van der Waals surface area contributed by atoms with Gasteiger partial charge in [0.2, 0.25) is 4.77 Å². The van der Waals surface area contributed by atoms with Crippen molar-refractivity contribution in [2.45, 2.75) is 6.92 Å². The third kappa shape index (κ3) is 2.94. The van der Waals surface area contributed by atoms with Gasteiger partial charge in [-0.05, 0) is 36.8 Å². The number of hydrogen-bond donors (Lipinski definition) is 1. The third-order valence-corrected chi connectivity index (χ3v) is 2.69. The van der Waals surface area contributed by atoms with Crippen LogP contribution in [0, 0.1) is 11.7 Å². The normalized spacial score (nSPS) is 10.8. The molecule has 0 radical (unpaired) electrons. The molecule has 0 amide bonds. The molecule has 0 aliphatic rings. The van der Waals surface area contributed by atoms with E-state index in [2.05, 4.69) is 15.3 Å². The summed E-state index contributed by atoms with van der Waals surface area (Å²) in [5, 5.41) is 10.4. The second-order valence-electron chi connectivity index (χ2n) is 3.75. The molecule has 1 aromatic heterocycles. The van der Waals surface area contributed by atoms with Gasteiger partial charge in [0, 0.05) is 0 Å². The number of rotatable bonds is 3. The summed E-state index contributed by atoms with van der Waals surface area (Å²) in [5.74, 6) is 0.715. The largest absolute Gasteiger partial charge is 0.497 e. The molecule has 0 spiro atoms. The van der Waals surface area contributed by atoms with E-state index in [4.69, 9.17) is 17.0 Å². The zero-order valence-electron chi connectivity index (χ0n) is 10.5. The summed E-state index contributed by atoms with van der Waals surface area (Å²) >= 11 is 4.97. The summed E-state index contributed by atoms with van der Waals surface area (Å²) in [7, 11) is 1.59. The van der Waals surface area contributed by atoms with Crippen molar-refractivity contribution in [2.24, 2.45) is 5.10 Å². The standard InChI is InChI=1S/C12H12N4O2S/c1-8-11(17)16(12(19)15-14-8)13-7-9-4-3-5-10(6-9)18-2/h3-7H,1-2H3,(H,15,19). The second-order valence-corrected chi connectivity index (χ2v) is 4.14. The van der Waals surface area contributed by atoms with Crippen molar-refractivity contribution < 1.29 is 4.74 Å². The van der Waals surface area contributed by atoms with E-state index in [0.29, 0.717) is 11.4 Å². The fraction of sp³-hybridized carbons (Fsp3) is 0.167. The smallest absolute Gasteiger partial charge is 0.296 e. The lowest BCUT2D eigenvalue weighted by Gasteiger charge is -2.01. The number of methoxy groups -OCH3 is 1. The van der Waals surface area contributed by atoms with Crippen molar-refractivity contribution in [1.82, 2.24) is 14.9 Å². The molecule has 2 rings (SSSR count). The fourth-order valence-electron chi connectivity index (χ4n) is 1.42. The SMILES string of the molecule is COc1cccc(C=Nn2c(=S)[nH]nc(C)c2=O)c1. The van der Waals surface area contributed by atoms with Crippen LogP contribution in [-0.2, 0) is 0 Å². The predicted molar refractivity (Wildman–Crippen MR) is 74.4 cm³/mol. The maximum Gasteiger partial charge on any atom is 0.296 e. The summed E-state index contributed by atoms with van der Waals surface area (Å²) in [5.41, 5.74) is 0.759. The summed E-state index contributed by atoms with van der Waals surface area (Å²) < 4.78 is 6.35. The van der Waals surface area contributed by atoms with Gasteiger partial charge >= 0.3 is 0 Å². The molecule has 0 atom stereocenters. The Hall–Kier alpha value is -2.28. The van der Waals surface area contributed by atoms with Crippen molar-refractivity contribution in [3.63, 3.8) is 0 Å². The highest BCUT2D eigenvalue weighted by atomic mass is 32.1. The summed E-state index contributed by atoms with van der Waals surface area (Å²) in [6.07, 6.45) is 1.53. The van der Waals surface area contributed by atoms with Crippen LogP contribution < -0.4 is 10.3 Å². The highest BCUT2D eigenvalue weighted by Gasteiger charge is 2.00. The molecule has 0 unspecified atom stereocenters. The van der Waals surface area contributed by atoms with Crippen molar-refractivity contribution in [2.75, 3.05) is 7.11 Å². The summed E-state index contributed by atoms with van der Waals surface area (Å²) in [6, 6.07) is 7.31. The Morgan fingerprint density at radius 2 is 2.32 bits per heavy atom. The molecule has 1 heterocycles. The van der Waals surface area contributed by atoms with Crippen LogP contribution in [-0.4, -0.2) is 28.2 Å². The van der Waals surface area contributed by atoms with E-state index < -0.39 is 0 Å². The number of aryl methyl sites for hydroxylation is 1. The molecule has 19 heavy (non-hydrogen) atoms. The van der Waals surface area contributed by atoms with E-state index in [9.17, 15) is 4.79 Å². The maximum absolute atomic E-state index is 11.8. The molecule has 2 aromatic rings. The molecule has 7 heteroatoms.